The van der Waals surface area contributed by atoms with Gasteiger partial charge in [0.1, 0.15) is 18.5 Å². The Morgan fingerprint density at radius 3 is 1.67 bits per heavy atom. The third-order valence-electron chi connectivity index (χ3n) is 3.71. The van der Waals surface area contributed by atoms with Gasteiger partial charge >= 0.3 is 29.8 Å². The fourth-order valence-electron chi connectivity index (χ4n) is 2.50. The summed E-state index contributed by atoms with van der Waals surface area (Å²) in [6.45, 7) is 7.74. The van der Waals surface area contributed by atoms with Crippen LogP contribution in [0.1, 0.15) is 41.0 Å². The van der Waals surface area contributed by atoms with Gasteiger partial charge in [0.2, 0.25) is 0 Å². The Kier molecular flexibility index (Phi) is 13.4. The van der Waals surface area contributed by atoms with E-state index in [1.54, 1.807) is 0 Å². The molecular formula is C20H30O13. The summed E-state index contributed by atoms with van der Waals surface area (Å²) < 4.78 is 30.1. The summed E-state index contributed by atoms with van der Waals surface area (Å²) in [4.78, 5) is 57.1. The van der Waals surface area contributed by atoms with E-state index in [4.69, 9.17) is 28.4 Å². The molecule has 0 aliphatic heterocycles. The summed E-state index contributed by atoms with van der Waals surface area (Å²) in [6.07, 6.45) is -8.50. The van der Waals surface area contributed by atoms with Crippen molar-refractivity contribution < 1.29 is 62.6 Å². The molecule has 0 aliphatic rings. The Balaban J connectivity index is 5.99. The highest BCUT2D eigenvalue weighted by Gasteiger charge is 2.43. The normalized spacial score (nSPS) is 15.1. The summed E-state index contributed by atoms with van der Waals surface area (Å²) in [6, 6.07) is 0. The predicted molar refractivity (Wildman–Crippen MR) is 107 cm³/mol. The molecule has 0 fully saturated rings. The van der Waals surface area contributed by atoms with Crippen molar-refractivity contribution in [3.05, 3.63) is 12.3 Å². The van der Waals surface area contributed by atoms with Crippen LogP contribution in [0.4, 0.5) is 0 Å². The number of rotatable bonds is 14. The SMILES string of the molecule is C=C(O)[C@@H](COC(C)=O)O[C@@H](O)C(OC(C)=O)[C@@H](OC(C)=O)[C@@H](CCOC(C)=O)OC(C)=O. The molecule has 0 aromatic carbocycles. The maximum Gasteiger partial charge on any atom is 0.303 e. The monoisotopic (exact) mass is 478 g/mol. The molecule has 1 unspecified atom stereocenters. The molecule has 5 atom stereocenters. The molecule has 13 nitrogen and oxygen atoms in total. The first-order valence-electron chi connectivity index (χ1n) is 9.74. The number of hydrogen-bond acceptors (Lipinski definition) is 13. The topological polar surface area (TPSA) is 181 Å². The number of aliphatic hydroxyl groups excluding tert-OH is 2. The van der Waals surface area contributed by atoms with E-state index in [0.29, 0.717) is 0 Å². The molecule has 0 saturated heterocycles. The first-order valence-corrected chi connectivity index (χ1v) is 9.74. The fourth-order valence-corrected chi connectivity index (χ4v) is 2.50. The first-order chi connectivity index (χ1) is 15.2. The van der Waals surface area contributed by atoms with Gasteiger partial charge in [-0.3, -0.25) is 24.0 Å². The molecule has 0 aromatic rings. The van der Waals surface area contributed by atoms with E-state index < -0.39 is 72.9 Å². The number of aliphatic hydroxyl groups is 2. The first kappa shape index (κ1) is 29.8. The van der Waals surface area contributed by atoms with Crippen LogP contribution in [0.2, 0.25) is 0 Å². The zero-order chi connectivity index (χ0) is 25.7. The average Bonchev–Trinajstić information content (AvgIpc) is 2.65. The fraction of sp³-hybridized carbons (Fsp3) is 0.650. The van der Waals surface area contributed by atoms with Crippen LogP contribution < -0.4 is 0 Å². The summed E-state index contributed by atoms with van der Waals surface area (Å²) in [5.41, 5.74) is 0. The van der Waals surface area contributed by atoms with Crippen molar-refractivity contribution in [2.45, 2.75) is 71.7 Å². The van der Waals surface area contributed by atoms with E-state index >= 15 is 0 Å². The van der Waals surface area contributed by atoms with Gasteiger partial charge in [-0.2, -0.15) is 0 Å². The van der Waals surface area contributed by atoms with Crippen LogP contribution in [0.25, 0.3) is 0 Å². The lowest BCUT2D eigenvalue weighted by atomic mass is 10.0. The maximum atomic E-state index is 11.7. The van der Waals surface area contributed by atoms with Crippen molar-refractivity contribution in [3.8, 4) is 0 Å². The van der Waals surface area contributed by atoms with Crippen molar-refractivity contribution in [2.75, 3.05) is 13.2 Å². The van der Waals surface area contributed by atoms with Crippen LogP contribution in [0.15, 0.2) is 12.3 Å². The van der Waals surface area contributed by atoms with Crippen LogP contribution in [-0.2, 0) is 52.4 Å². The van der Waals surface area contributed by atoms with Gasteiger partial charge in [0, 0.05) is 41.0 Å². The van der Waals surface area contributed by atoms with E-state index in [1.165, 1.54) is 0 Å². The number of ether oxygens (including phenoxy) is 6. The minimum absolute atomic E-state index is 0.203. The Morgan fingerprint density at radius 1 is 0.758 bits per heavy atom. The zero-order valence-corrected chi connectivity index (χ0v) is 19.1. The summed E-state index contributed by atoms with van der Waals surface area (Å²) in [5, 5.41) is 20.3. The molecule has 0 spiro atoms. The van der Waals surface area contributed by atoms with E-state index in [-0.39, 0.29) is 13.0 Å². The van der Waals surface area contributed by atoms with Crippen LogP contribution >= 0.6 is 0 Å². The molecular weight excluding hydrogens is 448 g/mol. The molecule has 0 rings (SSSR count). The van der Waals surface area contributed by atoms with Gasteiger partial charge in [-0.25, -0.2) is 0 Å². The van der Waals surface area contributed by atoms with Gasteiger partial charge < -0.3 is 38.6 Å². The maximum absolute atomic E-state index is 11.7. The Hall–Kier alpha value is -3.19. The number of carbonyl (C=O) groups is 5. The van der Waals surface area contributed by atoms with Crippen LogP contribution in [0.3, 0.4) is 0 Å². The third kappa shape index (κ3) is 13.1. The summed E-state index contributed by atoms with van der Waals surface area (Å²) in [5.74, 6) is -4.61. The summed E-state index contributed by atoms with van der Waals surface area (Å²) in [7, 11) is 0. The lowest BCUT2D eigenvalue weighted by Gasteiger charge is -2.35. The van der Waals surface area contributed by atoms with Gasteiger partial charge in [0.05, 0.1) is 6.61 Å². The Morgan fingerprint density at radius 2 is 1.24 bits per heavy atom. The lowest BCUT2D eigenvalue weighted by Crippen LogP contribution is -2.52. The van der Waals surface area contributed by atoms with Gasteiger partial charge in [-0.15, -0.1) is 0 Å². The highest BCUT2D eigenvalue weighted by Crippen LogP contribution is 2.22. The van der Waals surface area contributed by atoms with Gasteiger partial charge in [0.15, 0.2) is 24.6 Å². The molecule has 2 N–H and O–H groups in total. The molecule has 0 amide bonds. The second-order valence-corrected chi connectivity index (χ2v) is 6.73. The van der Waals surface area contributed by atoms with Crippen molar-refractivity contribution in [1.82, 2.24) is 0 Å². The Labute approximate surface area is 190 Å². The molecule has 188 valence electrons. The number of hydrogen-bond donors (Lipinski definition) is 2. The van der Waals surface area contributed by atoms with Gasteiger partial charge in [0.25, 0.3) is 0 Å². The van der Waals surface area contributed by atoms with Crippen molar-refractivity contribution >= 4 is 29.8 Å². The van der Waals surface area contributed by atoms with E-state index in [2.05, 4.69) is 6.58 Å². The van der Waals surface area contributed by atoms with Gasteiger partial charge in [-0.05, 0) is 0 Å². The van der Waals surface area contributed by atoms with E-state index in [1.807, 2.05) is 0 Å². The molecule has 0 bridgehead atoms. The molecule has 33 heavy (non-hydrogen) atoms. The second kappa shape index (κ2) is 14.8. The van der Waals surface area contributed by atoms with Crippen molar-refractivity contribution in [1.29, 1.82) is 0 Å². The second-order valence-electron chi connectivity index (χ2n) is 6.73. The standard InChI is InChI=1S/C20H30O13/c1-10(21)17(9-29-12(3)23)33-20(27)19(32-15(6)26)18(31-14(5)25)16(30-13(4)24)7-8-28-11(2)22/h16-21,27H,1,7-9H2,2-6H3/t16-,17-,18+,19?,20-/m1/s1. The van der Waals surface area contributed by atoms with Gasteiger partial charge in [-0.1, -0.05) is 6.58 Å². The molecule has 0 radical (unpaired) electrons. The molecule has 0 aliphatic carbocycles. The molecule has 0 saturated carbocycles. The summed E-state index contributed by atoms with van der Waals surface area (Å²) >= 11 is 0. The van der Waals surface area contributed by atoms with Crippen molar-refractivity contribution in [2.24, 2.45) is 0 Å². The smallest absolute Gasteiger partial charge is 0.303 e. The highest BCUT2D eigenvalue weighted by molar-refractivity contribution is 5.68. The number of esters is 5. The van der Waals surface area contributed by atoms with Crippen LogP contribution in [0, 0.1) is 0 Å². The number of carbonyl (C=O) groups excluding carboxylic acids is 5. The highest BCUT2D eigenvalue weighted by atomic mass is 16.7. The van der Waals surface area contributed by atoms with Crippen LogP contribution in [-0.4, -0.2) is 84.0 Å². The minimum atomic E-state index is -2.09. The van der Waals surface area contributed by atoms with Crippen LogP contribution in [0.5, 0.6) is 0 Å². The molecule has 0 aromatic heterocycles. The zero-order valence-electron chi connectivity index (χ0n) is 19.1. The average molecular weight is 478 g/mol. The lowest BCUT2D eigenvalue weighted by molar-refractivity contribution is -0.242. The van der Waals surface area contributed by atoms with Crippen molar-refractivity contribution in [3.63, 3.8) is 0 Å². The predicted octanol–water partition coefficient (Wildman–Crippen LogP) is 0.0731. The van der Waals surface area contributed by atoms with E-state index in [9.17, 15) is 34.2 Å². The largest absolute Gasteiger partial charge is 0.510 e. The molecule has 0 heterocycles. The minimum Gasteiger partial charge on any atom is -0.510 e. The molecule has 13 heteroatoms. The third-order valence-corrected chi connectivity index (χ3v) is 3.71. The quantitative estimate of drug-likeness (QED) is 0.148. The Bertz CT molecular complexity index is 717. The van der Waals surface area contributed by atoms with E-state index in [0.717, 1.165) is 34.6 Å².